The molecule has 0 saturated heterocycles. The van der Waals surface area contributed by atoms with Gasteiger partial charge in [-0.15, -0.1) is 10.2 Å². The highest BCUT2D eigenvalue weighted by molar-refractivity contribution is 7.13. The molecule has 1 N–H and O–H groups in total. The summed E-state index contributed by atoms with van der Waals surface area (Å²) in [4.78, 5) is 4.37. The van der Waals surface area contributed by atoms with Crippen LogP contribution in [-0.4, -0.2) is 26.3 Å². The molecule has 0 spiro atoms. The molecule has 2 aromatic heterocycles. The number of nitrogens with zero attached hydrogens (tertiary/aromatic N) is 4. The fourth-order valence-electron chi connectivity index (χ4n) is 1.90. The van der Waals surface area contributed by atoms with Crippen LogP contribution in [0.5, 0.6) is 0 Å². The molecule has 0 saturated carbocycles. The number of imidazole rings is 1. The Morgan fingerprint density at radius 2 is 2.16 bits per heavy atom. The van der Waals surface area contributed by atoms with Gasteiger partial charge in [0.2, 0.25) is 5.13 Å². The molecule has 0 unspecified atom stereocenters. The van der Waals surface area contributed by atoms with Gasteiger partial charge in [0.25, 0.3) is 0 Å². The van der Waals surface area contributed by atoms with Crippen molar-refractivity contribution >= 4 is 22.4 Å². The maximum Gasteiger partial charge on any atom is 0.218 e. The molecular weight excluding hydrogens is 258 g/mol. The van der Waals surface area contributed by atoms with Crippen molar-refractivity contribution in [1.82, 2.24) is 25.1 Å². The molecule has 1 aromatic carbocycles. The van der Waals surface area contributed by atoms with Crippen LogP contribution in [0.2, 0.25) is 0 Å². The van der Waals surface area contributed by atoms with E-state index in [1.165, 1.54) is 0 Å². The summed E-state index contributed by atoms with van der Waals surface area (Å²) in [6, 6.07) is 8.03. The third-order valence-electron chi connectivity index (χ3n) is 2.82. The van der Waals surface area contributed by atoms with Crippen molar-refractivity contribution in [3.8, 4) is 5.13 Å². The number of nitrogens with one attached hydrogen (secondary N) is 1. The van der Waals surface area contributed by atoms with Crippen LogP contribution in [0.25, 0.3) is 16.2 Å². The summed E-state index contributed by atoms with van der Waals surface area (Å²) in [6.45, 7) is 3.93. The summed E-state index contributed by atoms with van der Waals surface area (Å²) >= 11 is 1.59. The summed E-state index contributed by atoms with van der Waals surface area (Å²) in [5, 5.41) is 13.6. The van der Waals surface area contributed by atoms with Crippen molar-refractivity contribution in [2.75, 3.05) is 6.54 Å². The maximum absolute atomic E-state index is 4.37. The zero-order valence-corrected chi connectivity index (χ0v) is 11.5. The van der Waals surface area contributed by atoms with Gasteiger partial charge in [-0.05, 0) is 25.1 Å². The van der Waals surface area contributed by atoms with Crippen LogP contribution in [0, 0.1) is 0 Å². The first-order chi connectivity index (χ1) is 9.38. The zero-order chi connectivity index (χ0) is 13.1. The Kier molecular flexibility index (Phi) is 3.52. The van der Waals surface area contributed by atoms with Gasteiger partial charge < -0.3 is 5.32 Å². The lowest BCUT2D eigenvalue weighted by Gasteiger charge is -1.97. The quantitative estimate of drug-likeness (QED) is 0.725. The van der Waals surface area contributed by atoms with Gasteiger partial charge in [0, 0.05) is 6.54 Å². The normalized spacial score (nSPS) is 11.2. The molecule has 6 heteroatoms. The average Bonchev–Trinajstić information content (AvgIpc) is 3.05. The van der Waals surface area contributed by atoms with Crippen molar-refractivity contribution in [2.24, 2.45) is 0 Å². The Labute approximate surface area is 115 Å². The Morgan fingerprint density at radius 3 is 3.05 bits per heavy atom. The van der Waals surface area contributed by atoms with Gasteiger partial charge in [-0.2, -0.15) is 0 Å². The predicted molar refractivity (Wildman–Crippen MR) is 76.5 cm³/mol. The minimum absolute atomic E-state index is 0.776. The first-order valence-electron chi connectivity index (χ1n) is 6.34. The van der Waals surface area contributed by atoms with Crippen molar-refractivity contribution < 1.29 is 0 Å². The van der Waals surface area contributed by atoms with E-state index in [-0.39, 0.29) is 0 Å². The summed E-state index contributed by atoms with van der Waals surface area (Å²) in [5.74, 6) is 0. The fraction of sp³-hybridized carbons (Fsp3) is 0.308. The standard InChI is InChI=1S/C13H15N5S/c1-2-7-14-8-12-16-17-13(19-12)18-9-15-10-5-3-4-6-11(10)18/h3-6,9,14H,2,7-8H2,1H3. The molecule has 19 heavy (non-hydrogen) atoms. The summed E-state index contributed by atoms with van der Waals surface area (Å²) in [7, 11) is 0. The fourth-order valence-corrected chi connectivity index (χ4v) is 2.69. The number of benzene rings is 1. The number of hydrogen-bond acceptors (Lipinski definition) is 5. The lowest BCUT2D eigenvalue weighted by molar-refractivity contribution is 0.668. The lowest BCUT2D eigenvalue weighted by atomic mass is 10.3. The van der Waals surface area contributed by atoms with Crippen LogP contribution in [0.15, 0.2) is 30.6 Å². The summed E-state index contributed by atoms with van der Waals surface area (Å²) in [6.07, 6.45) is 2.92. The first-order valence-corrected chi connectivity index (χ1v) is 7.15. The molecule has 0 amide bonds. The molecular formula is C13H15N5S. The van der Waals surface area contributed by atoms with Crippen molar-refractivity contribution in [2.45, 2.75) is 19.9 Å². The van der Waals surface area contributed by atoms with Gasteiger partial charge in [-0.3, -0.25) is 4.57 Å². The van der Waals surface area contributed by atoms with Crippen LogP contribution in [0.4, 0.5) is 0 Å². The number of rotatable bonds is 5. The number of para-hydroxylation sites is 2. The van der Waals surface area contributed by atoms with Crippen LogP contribution < -0.4 is 5.32 Å². The predicted octanol–water partition coefficient (Wildman–Crippen LogP) is 2.38. The molecule has 0 radical (unpaired) electrons. The second-order valence-corrected chi connectivity index (χ2v) is 5.30. The zero-order valence-electron chi connectivity index (χ0n) is 10.7. The van der Waals surface area contributed by atoms with Gasteiger partial charge in [-0.25, -0.2) is 4.98 Å². The van der Waals surface area contributed by atoms with Gasteiger partial charge in [0.05, 0.1) is 11.0 Å². The Bertz CT molecular complexity index is 672. The number of hydrogen-bond donors (Lipinski definition) is 1. The van der Waals surface area contributed by atoms with Crippen LogP contribution >= 0.6 is 11.3 Å². The minimum atomic E-state index is 0.776. The van der Waals surface area contributed by atoms with E-state index >= 15 is 0 Å². The van der Waals surface area contributed by atoms with E-state index in [1.807, 2.05) is 28.8 Å². The van der Waals surface area contributed by atoms with Crippen LogP contribution in [0.3, 0.4) is 0 Å². The van der Waals surface area contributed by atoms with Crippen molar-refractivity contribution in [3.05, 3.63) is 35.6 Å². The van der Waals surface area contributed by atoms with Crippen LogP contribution in [0.1, 0.15) is 18.4 Å². The summed E-state index contributed by atoms with van der Waals surface area (Å²) < 4.78 is 1.98. The molecule has 3 aromatic rings. The smallest absolute Gasteiger partial charge is 0.218 e. The summed E-state index contributed by atoms with van der Waals surface area (Å²) in [5.41, 5.74) is 2.04. The number of aromatic nitrogens is 4. The molecule has 0 atom stereocenters. The maximum atomic E-state index is 4.37. The largest absolute Gasteiger partial charge is 0.310 e. The Balaban J connectivity index is 1.86. The van der Waals surface area contributed by atoms with Crippen molar-refractivity contribution in [3.63, 3.8) is 0 Å². The molecule has 0 aliphatic carbocycles. The molecule has 98 valence electrons. The topological polar surface area (TPSA) is 55.6 Å². The van der Waals surface area contributed by atoms with E-state index in [1.54, 1.807) is 17.7 Å². The average molecular weight is 273 g/mol. The molecule has 0 fully saturated rings. The second kappa shape index (κ2) is 5.46. The van der Waals surface area contributed by atoms with E-state index in [0.29, 0.717) is 0 Å². The third kappa shape index (κ3) is 2.50. The van der Waals surface area contributed by atoms with Gasteiger partial charge in [0.15, 0.2) is 0 Å². The third-order valence-corrected chi connectivity index (χ3v) is 3.74. The van der Waals surface area contributed by atoms with Gasteiger partial charge in [-0.1, -0.05) is 30.4 Å². The Hall–Kier alpha value is -1.79. The molecule has 3 rings (SSSR count). The van der Waals surface area contributed by atoms with E-state index in [9.17, 15) is 0 Å². The first kappa shape index (κ1) is 12.3. The van der Waals surface area contributed by atoms with Crippen molar-refractivity contribution in [1.29, 1.82) is 0 Å². The molecule has 2 heterocycles. The number of fused-ring (bicyclic) bond motifs is 1. The Morgan fingerprint density at radius 1 is 1.26 bits per heavy atom. The monoisotopic (exact) mass is 273 g/mol. The second-order valence-electron chi connectivity index (χ2n) is 4.26. The molecule has 5 nitrogen and oxygen atoms in total. The molecule has 0 bridgehead atoms. The van der Waals surface area contributed by atoms with E-state index < -0.39 is 0 Å². The van der Waals surface area contributed by atoms with E-state index in [4.69, 9.17) is 0 Å². The lowest BCUT2D eigenvalue weighted by Crippen LogP contribution is -2.13. The highest BCUT2D eigenvalue weighted by atomic mass is 32.1. The molecule has 0 aliphatic heterocycles. The van der Waals surface area contributed by atoms with E-state index in [2.05, 4.69) is 27.4 Å². The van der Waals surface area contributed by atoms with Crippen LogP contribution in [-0.2, 0) is 6.54 Å². The van der Waals surface area contributed by atoms with Gasteiger partial charge in [0.1, 0.15) is 11.3 Å². The van der Waals surface area contributed by atoms with Gasteiger partial charge >= 0.3 is 0 Å². The molecule has 0 aliphatic rings. The SMILES string of the molecule is CCCNCc1nnc(-n2cnc3ccccc32)s1. The van der Waals surface area contributed by atoms with E-state index in [0.717, 1.165) is 40.7 Å². The minimum Gasteiger partial charge on any atom is -0.310 e. The highest BCUT2D eigenvalue weighted by Crippen LogP contribution is 2.20. The highest BCUT2D eigenvalue weighted by Gasteiger charge is 2.09.